The number of hydrogen-bond acceptors (Lipinski definition) is 9. The van der Waals surface area contributed by atoms with Gasteiger partial charge >= 0.3 is 29.0 Å². The minimum Gasteiger partial charge on any atom is -0.465 e. The number of nitrogens with zero attached hydrogens (tertiary/aromatic N) is 3. The van der Waals surface area contributed by atoms with Gasteiger partial charge in [-0.15, -0.1) is 6.58 Å². The highest BCUT2D eigenvalue weighted by atomic mass is 16.5. The number of carbonyl (C=O) groups is 2. The average Bonchev–Trinajstić information content (AvgIpc) is 2.80. The van der Waals surface area contributed by atoms with Crippen molar-refractivity contribution in [1.82, 2.24) is 13.7 Å². The van der Waals surface area contributed by atoms with Crippen molar-refractivity contribution in [1.29, 1.82) is 0 Å². The number of methoxy groups -OCH3 is 1. The first-order chi connectivity index (χ1) is 15.6. The van der Waals surface area contributed by atoms with Crippen LogP contribution in [0.25, 0.3) is 0 Å². The maximum atomic E-state index is 12.6. The lowest BCUT2D eigenvalue weighted by Gasteiger charge is -2.16. The van der Waals surface area contributed by atoms with Gasteiger partial charge in [-0.2, -0.15) is 0 Å². The molecule has 2 unspecified atom stereocenters. The quantitative estimate of drug-likeness (QED) is 0.324. The van der Waals surface area contributed by atoms with Crippen LogP contribution in [0.4, 0.5) is 0 Å². The molecule has 0 aliphatic heterocycles. The summed E-state index contributed by atoms with van der Waals surface area (Å²) in [6.07, 6.45) is -1.24. The number of aliphatic hydroxyl groups is 2. The molecule has 2 atom stereocenters. The summed E-state index contributed by atoms with van der Waals surface area (Å²) in [5.41, 5.74) is -2.78. The number of aromatic nitrogens is 3. The smallest absolute Gasteiger partial charge is 0.338 e. The summed E-state index contributed by atoms with van der Waals surface area (Å²) in [5.74, 6) is -1.50. The molecule has 12 nitrogen and oxygen atoms in total. The predicted molar refractivity (Wildman–Crippen MR) is 115 cm³/mol. The summed E-state index contributed by atoms with van der Waals surface area (Å²) in [6, 6.07) is 5.54. The van der Waals surface area contributed by atoms with Crippen LogP contribution in [0.2, 0.25) is 0 Å². The van der Waals surface area contributed by atoms with Crippen LogP contribution in [-0.4, -0.2) is 61.8 Å². The topological polar surface area (TPSA) is 159 Å². The van der Waals surface area contributed by atoms with Crippen LogP contribution in [0.5, 0.6) is 0 Å². The summed E-state index contributed by atoms with van der Waals surface area (Å²) in [5, 5.41) is 19.9. The zero-order valence-corrected chi connectivity index (χ0v) is 18.2. The summed E-state index contributed by atoms with van der Waals surface area (Å²) >= 11 is 0. The van der Waals surface area contributed by atoms with Gasteiger partial charge in [0.05, 0.1) is 44.0 Å². The van der Waals surface area contributed by atoms with Gasteiger partial charge in [0.25, 0.3) is 0 Å². The molecule has 1 heterocycles. The molecule has 0 bridgehead atoms. The van der Waals surface area contributed by atoms with Gasteiger partial charge in [0.15, 0.2) is 0 Å². The molecule has 0 saturated heterocycles. The fourth-order valence-electron chi connectivity index (χ4n) is 2.95. The zero-order chi connectivity index (χ0) is 24.7. The Balaban J connectivity index is 2.23. The first kappa shape index (κ1) is 25.5. The van der Waals surface area contributed by atoms with Gasteiger partial charge in [0, 0.05) is 0 Å². The van der Waals surface area contributed by atoms with Gasteiger partial charge in [-0.05, 0) is 25.1 Å². The Labute approximate surface area is 187 Å². The average molecular weight is 463 g/mol. The van der Waals surface area contributed by atoms with Gasteiger partial charge < -0.3 is 19.7 Å². The van der Waals surface area contributed by atoms with Crippen LogP contribution >= 0.6 is 0 Å². The molecule has 0 fully saturated rings. The first-order valence-corrected chi connectivity index (χ1v) is 9.87. The summed E-state index contributed by atoms with van der Waals surface area (Å²) in [4.78, 5) is 61.5. The van der Waals surface area contributed by atoms with E-state index in [-0.39, 0.29) is 24.2 Å². The third-order valence-corrected chi connectivity index (χ3v) is 4.46. The SMILES string of the molecule is C=CCn1c(=O)n(CC(C)O)c(=O)n(CC(O)COC(=O)c2cccc(C(=O)OC)c2)c1=O. The van der Waals surface area contributed by atoms with Crippen LogP contribution < -0.4 is 17.1 Å². The number of carbonyl (C=O) groups excluding carboxylic acids is 2. The van der Waals surface area contributed by atoms with Crippen LogP contribution in [0.3, 0.4) is 0 Å². The first-order valence-electron chi connectivity index (χ1n) is 9.87. The van der Waals surface area contributed by atoms with Crippen molar-refractivity contribution >= 4 is 11.9 Å². The van der Waals surface area contributed by atoms with Gasteiger partial charge in [0.2, 0.25) is 0 Å². The normalized spacial score (nSPS) is 12.6. The molecule has 2 rings (SSSR count). The van der Waals surface area contributed by atoms with Crippen molar-refractivity contribution in [3.05, 3.63) is 79.5 Å². The van der Waals surface area contributed by atoms with E-state index < -0.39 is 54.4 Å². The van der Waals surface area contributed by atoms with Crippen molar-refractivity contribution in [3.8, 4) is 0 Å². The Morgan fingerprint density at radius 3 is 2.09 bits per heavy atom. The summed E-state index contributed by atoms with van der Waals surface area (Å²) in [6.45, 7) is 3.11. The highest BCUT2D eigenvalue weighted by molar-refractivity contribution is 5.95. The lowest BCUT2D eigenvalue weighted by atomic mass is 10.1. The maximum absolute atomic E-state index is 12.6. The van der Waals surface area contributed by atoms with E-state index in [9.17, 15) is 34.2 Å². The highest BCUT2D eigenvalue weighted by Crippen LogP contribution is 2.08. The highest BCUT2D eigenvalue weighted by Gasteiger charge is 2.20. The fraction of sp³-hybridized carbons (Fsp3) is 0.381. The Morgan fingerprint density at radius 1 is 1.00 bits per heavy atom. The molecule has 178 valence electrons. The van der Waals surface area contributed by atoms with Crippen LogP contribution in [0.15, 0.2) is 51.3 Å². The molecule has 2 aromatic rings. The molecule has 0 amide bonds. The molecular formula is C21H25N3O9. The molecular weight excluding hydrogens is 438 g/mol. The predicted octanol–water partition coefficient (Wildman–Crippen LogP) is -1.26. The lowest BCUT2D eigenvalue weighted by Crippen LogP contribution is -2.56. The number of ether oxygens (including phenoxy) is 2. The number of benzene rings is 1. The third kappa shape index (κ3) is 6.14. The molecule has 2 N–H and O–H groups in total. The number of allylic oxidation sites excluding steroid dienone is 1. The van der Waals surface area contributed by atoms with Gasteiger partial charge in [-0.3, -0.25) is 0 Å². The molecule has 1 aromatic carbocycles. The maximum Gasteiger partial charge on any atom is 0.338 e. The molecule has 0 spiro atoms. The van der Waals surface area contributed by atoms with Crippen LogP contribution in [0, 0.1) is 0 Å². The second kappa shape index (κ2) is 11.2. The van der Waals surface area contributed by atoms with Gasteiger partial charge in [-0.25, -0.2) is 37.7 Å². The fourth-order valence-corrected chi connectivity index (χ4v) is 2.95. The van der Waals surface area contributed by atoms with E-state index >= 15 is 0 Å². The molecule has 0 aliphatic carbocycles. The molecule has 0 aliphatic rings. The van der Waals surface area contributed by atoms with Crippen molar-refractivity contribution < 1.29 is 29.3 Å². The molecule has 1 aromatic heterocycles. The van der Waals surface area contributed by atoms with E-state index in [1.54, 1.807) is 0 Å². The Bertz CT molecular complexity index is 1210. The van der Waals surface area contributed by atoms with E-state index in [0.29, 0.717) is 9.13 Å². The van der Waals surface area contributed by atoms with Gasteiger partial charge in [-0.1, -0.05) is 12.1 Å². The number of rotatable bonds is 10. The minimum atomic E-state index is -1.47. The number of aliphatic hydroxyl groups excluding tert-OH is 2. The molecule has 0 radical (unpaired) electrons. The Morgan fingerprint density at radius 2 is 1.55 bits per heavy atom. The van der Waals surface area contributed by atoms with Crippen molar-refractivity contribution in [2.24, 2.45) is 0 Å². The van der Waals surface area contributed by atoms with E-state index in [1.807, 2.05) is 0 Å². The molecule has 0 saturated carbocycles. The van der Waals surface area contributed by atoms with Crippen molar-refractivity contribution in [2.45, 2.75) is 38.8 Å². The van der Waals surface area contributed by atoms with E-state index in [0.717, 1.165) is 4.57 Å². The Kier molecular flexibility index (Phi) is 8.65. The lowest BCUT2D eigenvalue weighted by molar-refractivity contribution is 0.0207. The van der Waals surface area contributed by atoms with Crippen LogP contribution in [-0.2, 0) is 29.1 Å². The van der Waals surface area contributed by atoms with Gasteiger partial charge in [0.1, 0.15) is 12.7 Å². The van der Waals surface area contributed by atoms with E-state index in [2.05, 4.69) is 11.3 Å². The second-order valence-electron chi connectivity index (χ2n) is 7.14. The Hall–Kier alpha value is -3.77. The minimum absolute atomic E-state index is 0.0288. The van der Waals surface area contributed by atoms with Crippen LogP contribution in [0.1, 0.15) is 27.6 Å². The van der Waals surface area contributed by atoms with E-state index in [4.69, 9.17) is 4.74 Å². The summed E-state index contributed by atoms with van der Waals surface area (Å²) < 4.78 is 11.6. The van der Waals surface area contributed by atoms with E-state index in [1.165, 1.54) is 44.4 Å². The monoisotopic (exact) mass is 463 g/mol. The third-order valence-electron chi connectivity index (χ3n) is 4.46. The van der Waals surface area contributed by atoms with Crippen molar-refractivity contribution in [3.63, 3.8) is 0 Å². The summed E-state index contributed by atoms with van der Waals surface area (Å²) in [7, 11) is 1.19. The standard InChI is InChI=1S/C21H25N3O9/c1-4-8-22-19(29)23(10-13(2)25)21(31)24(20(22)30)11-16(26)12-33-18(28)15-7-5-6-14(9-15)17(27)32-3/h4-7,9,13,16,25-26H,1,8,10-12H2,2-3H3. The number of esters is 2. The second-order valence-corrected chi connectivity index (χ2v) is 7.14. The number of hydrogen-bond donors (Lipinski definition) is 2. The molecule has 12 heteroatoms. The largest absolute Gasteiger partial charge is 0.465 e. The zero-order valence-electron chi connectivity index (χ0n) is 18.2. The molecule has 33 heavy (non-hydrogen) atoms. The van der Waals surface area contributed by atoms with Crippen molar-refractivity contribution in [2.75, 3.05) is 13.7 Å².